The minimum Gasteiger partial charge on any atom is -0.348 e. The molecule has 7 nitrogen and oxygen atoms in total. The molecule has 0 spiro atoms. The van der Waals surface area contributed by atoms with Crippen LogP contribution in [0, 0.1) is 6.92 Å². The number of para-hydroxylation sites is 1. The largest absolute Gasteiger partial charge is 0.348 e. The zero-order chi connectivity index (χ0) is 24.4. The van der Waals surface area contributed by atoms with Crippen molar-refractivity contribution in [1.29, 1.82) is 0 Å². The summed E-state index contributed by atoms with van der Waals surface area (Å²) in [4.78, 5) is 31.4. The highest BCUT2D eigenvalue weighted by atomic mass is 16.2. The molecule has 2 heterocycles. The minimum absolute atomic E-state index is 0.166. The molecule has 0 atom stereocenters. The molecular formula is C28H29N5O2. The molecule has 4 aromatic rings. The van der Waals surface area contributed by atoms with E-state index in [-0.39, 0.29) is 23.6 Å². The summed E-state index contributed by atoms with van der Waals surface area (Å²) >= 11 is 0. The van der Waals surface area contributed by atoms with Crippen LogP contribution in [-0.4, -0.2) is 32.6 Å². The van der Waals surface area contributed by atoms with Crippen molar-refractivity contribution in [3.05, 3.63) is 77.6 Å². The minimum atomic E-state index is -0.303. The van der Waals surface area contributed by atoms with Crippen molar-refractivity contribution in [3.63, 3.8) is 0 Å². The highest BCUT2D eigenvalue weighted by Crippen LogP contribution is 2.27. The van der Waals surface area contributed by atoms with Crippen LogP contribution in [-0.2, 0) is 6.54 Å². The molecular weight excluding hydrogens is 438 g/mol. The summed E-state index contributed by atoms with van der Waals surface area (Å²) in [5.74, 6) is -0.554. The van der Waals surface area contributed by atoms with Crippen LogP contribution in [0.25, 0.3) is 22.2 Å². The molecule has 2 aromatic carbocycles. The van der Waals surface area contributed by atoms with Crippen LogP contribution in [0.4, 0.5) is 5.69 Å². The van der Waals surface area contributed by atoms with Gasteiger partial charge in [-0.3, -0.25) is 14.3 Å². The van der Waals surface area contributed by atoms with Gasteiger partial charge >= 0.3 is 0 Å². The van der Waals surface area contributed by atoms with Gasteiger partial charge in [0.05, 0.1) is 22.5 Å². The lowest BCUT2D eigenvalue weighted by Crippen LogP contribution is -2.33. The maximum Gasteiger partial charge on any atom is 0.274 e. The predicted octanol–water partition coefficient (Wildman–Crippen LogP) is 5.35. The van der Waals surface area contributed by atoms with Gasteiger partial charge < -0.3 is 10.6 Å². The van der Waals surface area contributed by atoms with E-state index < -0.39 is 0 Å². The van der Waals surface area contributed by atoms with E-state index >= 15 is 0 Å². The predicted molar refractivity (Wildman–Crippen MR) is 137 cm³/mol. The second-order valence-corrected chi connectivity index (χ2v) is 9.09. The fraction of sp³-hybridized carbons (Fsp3) is 0.286. The highest BCUT2D eigenvalue weighted by molar-refractivity contribution is 6.14. The first-order valence-corrected chi connectivity index (χ1v) is 12.2. The molecule has 0 aliphatic heterocycles. The molecule has 35 heavy (non-hydrogen) atoms. The summed E-state index contributed by atoms with van der Waals surface area (Å²) in [7, 11) is 0. The summed E-state index contributed by atoms with van der Waals surface area (Å²) < 4.78 is 1.67. The zero-order valence-corrected chi connectivity index (χ0v) is 20.0. The second kappa shape index (κ2) is 9.70. The van der Waals surface area contributed by atoms with E-state index in [9.17, 15) is 9.59 Å². The smallest absolute Gasteiger partial charge is 0.274 e. The first-order chi connectivity index (χ1) is 17.0. The number of anilines is 1. The summed E-state index contributed by atoms with van der Waals surface area (Å²) in [6, 6.07) is 17.6. The first-order valence-electron chi connectivity index (χ1n) is 12.2. The number of hydrogen-bond donors (Lipinski definition) is 2. The van der Waals surface area contributed by atoms with E-state index in [2.05, 4.69) is 15.7 Å². The maximum absolute atomic E-state index is 13.6. The fourth-order valence-corrected chi connectivity index (χ4v) is 4.59. The van der Waals surface area contributed by atoms with Gasteiger partial charge in [0.2, 0.25) is 0 Å². The van der Waals surface area contributed by atoms with Crippen molar-refractivity contribution in [1.82, 2.24) is 20.1 Å². The quantitative estimate of drug-likeness (QED) is 0.400. The Balaban J connectivity index is 1.49. The highest BCUT2D eigenvalue weighted by Gasteiger charge is 2.24. The van der Waals surface area contributed by atoms with Crippen LogP contribution in [0.1, 0.15) is 59.0 Å². The number of benzene rings is 2. The Morgan fingerprint density at radius 2 is 1.77 bits per heavy atom. The van der Waals surface area contributed by atoms with Gasteiger partial charge in [-0.25, -0.2) is 4.98 Å². The van der Waals surface area contributed by atoms with Gasteiger partial charge in [-0.15, -0.1) is 0 Å². The Kier molecular flexibility index (Phi) is 6.31. The van der Waals surface area contributed by atoms with Gasteiger partial charge in [0, 0.05) is 29.7 Å². The van der Waals surface area contributed by atoms with Crippen LogP contribution < -0.4 is 10.6 Å². The number of nitrogens with one attached hydrogen (secondary N) is 2. The lowest BCUT2D eigenvalue weighted by molar-refractivity contribution is 0.0933. The lowest BCUT2D eigenvalue weighted by Gasteiger charge is -2.13. The third kappa shape index (κ3) is 4.80. The van der Waals surface area contributed by atoms with Crippen LogP contribution in [0.3, 0.4) is 0 Å². The van der Waals surface area contributed by atoms with Crippen LogP contribution >= 0.6 is 0 Å². The normalized spacial score (nSPS) is 13.8. The van der Waals surface area contributed by atoms with Crippen LogP contribution in [0.15, 0.2) is 60.8 Å². The van der Waals surface area contributed by atoms with Gasteiger partial charge in [0.25, 0.3) is 11.8 Å². The molecule has 0 saturated heterocycles. The maximum atomic E-state index is 13.6. The van der Waals surface area contributed by atoms with Gasteiger partial charge in [-0.2, -0.15) is 5.10 Å². The third-order valence-electron chi connectivity index (χ3n) is 6.55. The standard InChI is InChI=1S/C28H29N5O2/c1-3-33-17-25(26(32-33)28(35)29-20-8-4-5-9-20)31-27(34)22-16-24(19-14-12-18(2)13-15-19)30-23-11-7-6-10-21(22)23/h6-7,10-17,20H,3-5,8-9H2,1-2H3,(H,29,35)(H,31,34). The summed E-state index contributed by atoms with van der Waals surface area (Å²) in [5, 5.41) is 11.2. The number of carbonyl (C=O) groups is 2. The van der Waals surface area contributed by atoms with E-state index in [4.69, 9.17) is 4.98 Å². The van der Waals surface area contributed by atoms with Crippen LogP contribution in [0.2, 0.25) is 0 Å². The number of amides is 2. The van der Waals surface area contributed by atoms with E-state index in [1.165, 1.54) is 0 Å². The van der Waals surface area contributed by atoms with Crippen molar-refractivity contribution in [3.8, 4) is 11.3 Å². The number of carbonyl (C=O) groups excluding carboxylic acids is 2. The average Bonchev–Trinajstić information content (AvgIpc) is 3.53. The molecule has 1 saturated carbocycles. The molecule has 7 heteroatoms. The zero-order valence-electron chi connectivity index (χ0n) is 20.0. The Labute approximate surface area is 204 Å². The summed E-state index contributed by atoms with van der Waals surface area (Å²) in [5.41, 5.74) is 4.69. The summed E-state index contributed by atoms with van der Waals surface area (Å²) in [6.45, 7) is 4.57. The average molecular weight is 468 g/mol. The van der Waals surface area contributed by atoms with E-state index in [0.717, 1.165) is 53.4 Å². The molecule has 2 aromatic heterocycles. The first kappa shape index (κ1) is 22.8. The lowest BCUT2D eigenvalue weighted by atomic mass is 10.0. The van der Waals surface area contributed by atoms with Gasteiger partial charge in [0.15, 0.2) is 5.69 Å². The number of aromatic nitrogens is 3. The topological polar surface area (TPSA) is 88.9 Å². The number of aryl methyl sites for hydroxylation is 2. The van der Waals surface area contributed by atoms with Gasteiger partial charge in [-0.05, 0) is 38.8 Å². The molecule has 1 aliphatic rings. The van der Waals surface area contributed by atoms with Crippen molar-refractivity contribution in [2.75, 3.05) is 5.32 Å². The molecule has 0 unspecified atom stereocenters. The molecule has 2 N–H and O–H groups in total. The van der Waals surface area contributed by atoms with Crippen molar-refractivity contribution < 1.29 is 9.59 Å². The number of hydrogen-bond acceptors (Lipinski definition) is 4. The third-order valence-corrected chi connectivity index (χ3v) is 6.55. The van der Waals surface area contributed by atoms with Crippen molar-refractivity contribution in [2.24, 2.45) is 0 Å². The second-order valence-electron chi connectivity index (χ2n) is 9.09. The van der Waals surface area contributed by atoms with E-state index in [0.29, 0.717) is 17.8 Å². The van der Waals surface area contributed by atoms with Gasteiger partial charge in [-0.1, -0.05) is 60.9 Å². The van der Waals surface area contributed by atoms with E-state index in [1.807, 2.05) is 68.4 Å². The molecule has 1 aliphatic carbocycles. The number of nitrogens with zero attached hydrogens (tertiary/aromatic N) is 3. The van der Waals surface area contributed by atoms with Crippen molar-refractivity contribution >= 4 is 28.4 Å². The number of rotatable bonds is 6. The molecule has 2 amide bonds. The van der Waals surface area contributed by atoms with Gasteiger partial charge in [0.1, 0.15) is 0 Å². The van der Waals surface area contributed by atoms with Crippen molar-refractivity contribution in [2.45, 2.75) is 52.1 Å². The molecule has 0 bridgehead atoms. The van der Waals surface area contributed by atoms with Crippen LogP contribution in [0.5, 0.6) is 0 Å². The molecule has 1 fully saturated rings. The Morgan fingerprint density at radius 3 is 2.51 bits per heavy atom. The Hall–Kier alpha value is -4.00. The fourth-order valence-electron chi connectivity index (χ4n) is 4.59. The number of pyridine rings is 1. The summed E-state index contributed by atoms with van der Waals surface area (Å²) in [6.07, 6.45) is 5.91. The number of fused-ring (bicyclic) bond motifs is 1. The monoisotopic (exact) mass is 467 g/mol. The SMILES string of the molecule is CCn1cc(NC(=O)c2cc(-c3ccc(C)cc3)nc3ccccc23)c(C(=O)NC2CCCC2)n1. The molecule has 0 radical (unpaired) electrons. The Bertz CT molecular complexity index is 1380. The van der Waals surface area contributed by atoms with E-state index in [1.54, 1.807) is 10.9 Å². The molecule has 5 rings (SSSR count). The Morgan fingerprint density at radius 1 is 1.03 bits per heavy atom. The molecule has 178 valence electrons.